The van der Waals surface area contributed by atoms with Crippen LogP contribution in [0.1, 0.15) is 23.3 Å². The van der Waals surface area contributed by atoms with Crippen LogP contribution < -0.4 is 10.6 Å². The summed E-state index contributed by atoms with van der Waals surface area (Å²) in [5.74, 6) is -0.130. The van der Waals surface area contributed by atoms with Crippen molar-refractivity contribution in [1.82, 2.24) is 15.6 Å². The summed E-state index contributed by atoms with van der Waals surface area (Å²) in [6.07, 6.45) is 1.99. The summed E-state index contributed by atoms with van der Waals surface area (Å²) in [4.78, 5) is 17.9. The number of nitrogens with one attached hydrogen (secondary N) is 2. The number of hydrogen-bond acceptors (Lipinski definition) is 6. The summed E-state index contributed by atoms with van der Waals surface area (Å²) in [5.41, 5.74) is 0.469. The molecule has 2 aromatic rings. The van der Waals surface area contributed by atoms with Gasteiger partial charge in [0.25, 0.3) is 5.91 Å². The average Bonchev–Trinajstić information content (AvgIpc) is 3.23. The highest BCUT2D eigenvalue weighted by atomic mass is 35.5. The van der Waals surface area contributed by atoms with Gasteiger partial charge in [-0.2, -0.15) is 0 Å². The molecular weight excluding hydrogens is 437 g/mol. The lowest BCUT2D eigenvalue weighted by molar-refractivity contribution is 0.0511. The predicted molar refractivity (Wildman–Crippen MR) is 114 cm³/mol. The molecule has 0 spiro atoms. The van der Waals surface area contributed by atoms with Crippen molar-refractivity contribution in [2.45, 2.75) is 12.8 Å². The first-order valence-electron chi connectivity index (χ1n) is 7.81. The number of methoxy groups -OCH3 is 1. The van der Waals surface area contributed by atoms with Crippen molar-refractivity contribution in [2.24, 2.45) is 5.41 Å². The number of ether oxygens (including phenoxy) is 1. The van der Waals surface area contributed by atoms with Crippen LogP contribution in [-0.2, 0) is 4.74 Å². The Balaban J connectivity index is 0.00000169. The molecule has 2 aromatic heterocycles. The number of piperidine rings is 1. The quantitative estimate of drug-likeness (QED) is 0.683. The van der Waals surface area contributed by atoms with Gasteiger partial charge in [0.1, 0.15) is 10.7 Å². The molecule has 0 radical (unpaired) electrons. The molecule has 146 valence electrons. The zero-order valence-electron chi connectivity index (χ0n) is 14.2. The number of carbonyl (C=O) groups excluding carboxylic acids is 1. The molecule has 0 saturated carbocycles. The van der Waals surface area contributed by atoms with Crippen LogP contribution in [-0.4, -0.2) is 44.2 Å². The van der Waals surface area contributed by atoms with Gasteiger partial charge in [-0.05, 0) is 38.1 Å². The van der Waals surface area contributed by atoms with E-state index in [-0.39, 0.29) is 36.1 Å². The smallest absolute Gasteiger partial charge is 0.270 e. The van der Waals surface area contributed by atoms with E-state index < -0.39 is 0 Å². The second-order valence-corrected chi connectivity index (χ2v) is 8.58. The molecule has 26 heavy (non-hydrogen) atoms. The maximum Gasteiger partial charge on any atom is 0.270 e. The van der Waals surface area contributed by atoms with E-state index in [1.807, 2.05) is 12.1 Å². The summed E-state index contributed by atoms with van der Waals surface area (Å²) in [7, 11) is 1.71. The van der Waals surface area contributed by atoms with E-state index in [2.05, 4.69) is 15.6 Å². The number of thiophene rings is 1. The number of halogens is 3. The largest absolute Gasteiger partial charge is 0.384 e. The Morgan fingerprint density at radius 1 is 1.38 bits per heavy atom. The Hall–Kier alpha value is -0.410. The Morgan fingerprint density at radius 3 is 2.73 bits per heavy atom. The molecule has 3 heterocycles. The molecule has 3 rings (SSSR count). The van der Waals surface area contributed by atoms with Crippen LogP contribution in [0.25, 0.3) is 9.88 Å². The van der Waals surface area contributed by atoms with E-state index in [0.29, 0.717) is 18.8 Å². The fraction of sp³-hybridized carbons (Fsp3) is 0.500. The zero-order valence-corrected chi connectivity index (χ0v) is 18.3. The zero-order chi connectivity index (χ0) is 17.0. The van der Waals surface area contributed by atoms with Crippen molar-refractivity contribution in [3.63, 3.8) is 0 Å². The van der Waals surface area contributed by atoms with Gasteiger partial charge in [0.05, 0.1) is 15.8 Å². The highest BCUT2D eigenvalue weighted by Gasteiger charge is 2.32. The lowest BCUT2D eigenvalue weighted by atomic mass is 9.79. The van der Waals surface area contributed by atoms with Gasteiger partial charge < -0.3 is 15.4 Å². The van der Waals surface area contributed by atoms with Crippen LogP contribution in [0.5, 0.6) is 0 Å². The van der Waals surface area contributed by atoms with E-state index in [4.69, 9.17) is 16.3 Å². The summed E-state index contributed by atoms with van der Waals surface area (Å²) in [6, 6.07) is 3.77. The van der Waals surface area contributed by atoms with Gasteiger partial charge in [-0.25, -0.2) is 4.98 Å². The van der Waals surface area contributed by atoms with E-state index >= 15 is 0 Å². The van der Waals surface area contributed by atoms with Gasteiger partial charge in [0.2, 0.25) is 0 Å². The first kappa shape index (κ1) is 23.6. The lowest BCUT2D eigenvalue weighted by Gasteiger charge is -2.37. The van der Waals surface area contributed by atoms with E-state index in [9.17, 15) is 4.79 Å². The summed E-state index contributed by atoms with van der Waals surface area (Å²) in [6.45, 7) is 3.18. The third-order valence-corrected chi connectivity index (χ3v) is 6.50. The Morgan fingerprint density at radius 2 is 2.12 bits per heavy atom. The highest BCUT2D eigenvalue weighted by molar-refractivity contribution is 7.23. The van der Waals surface area contributed by atoms with Gasteiger partial charge >= 0.3 is 0 Å². The van der Waals surface area contributed by atoms with Crippen LogP contribution in [0.15, 0.2) is 17.5 Å². The van der Waals surface area contributed by atoms with Crippen molar-refractivity contribution in [1.29, 1.82) is 0 Å². The van der Waals surface area contributed by atoms with Crippen molar-refractivity contribution in [2.75, 3.05) is 33.4 Å². The molecule has 10 heteroatoms. The normalized spacial score (nSPS) is 15.6. The lowest BCUT2D eigenvalue weighted by Crippen LogP contribution is -2.47. The van der Waals surface area contributed by atoms with Crippen LogP contribution in [0.2, 0.25) is 4.34 Å². The third kappa shape index (κ3) is 5.79. The van der Waals surface area contributed by atoms with Crippen LogP contribution in [0, 0.1) is 5.41 Å². The summed E-state index contributed by atoms with van der Waals surface area (Å²) in [5, 5.41) is 9.01. The summed E-state index contributed by atoms with van der Waals surface area (Å²) >= 11 is 8.89. The minimum atomic E-state index is -0.130. The molecule has 1 fully saturated rings. The van der Waals surface area contributed by atoms with Crippen molar-refractivity contribution in [3.05, 3.63) is 27.5 Å². The minimum absolute atomic E-state index is 0. The number of rotatable bonds is 6. The average molecular weight is 459 g/mol. The SMILES string of the molecule is COCC1(CNC(=O)c2csc(-c3ccc(Cl)s3)n2)CCNCC1.Cl.Cl. The maximum absolute atomic E-state index is 12.4. The number of carbonyl (C=O) groups is 1. The molecule has 0 atom stereocenters. The molecular formula is C16H22Cl3N3O2S2. The molecule has 1 amide bonds. The monoisotopic (exact) mass is 457 g/mol. The van der Waals surface area contributed by atoms with E-state index in [0.717, 1.165) is 40.2 Å². The number of thiazole rings is 1. The maximum atomic E-state index is 12.4. The molecule has 2 N–H and O–H groups in total. The van der Waals surface area contributed by atoms with Crippen molar-refractivity contribution < 1.29 is 9.53 Å². The van der Waals surface area contributed by atoms with Crippen molar-refractivity contribution in [3.8, 4) is 9.88 Å². The van der Waals surface area contributed by atoms with Crippen LogP contribution in [0.4, 0.5) is 0 Å². The fourth-order valence-electron chi connectivity index (χ4n) is 2.91. The molecule has 0 aromatic carbocycles. The number of amides is 1. The first-order valence-corrected chi connectivity index (χ1v) is 9.88. The molecule has 0 aliphatic carbocycles. The number of nitrogens with zero attached hydrogens (tertiary/aromatic N) is 1. The molecule has 0 unspecified atom stereocenters. The third-order valence-electron chi connectivity index (χ3n) is 4.26. The molecule has 1 aliphatic heterocycles. The first-order chi connectivity index (χ1) is 11.6. The van der Waals surface area contributed by atoms with Crippen LogP contribution in [0.3, 0.4) is 0 Å². The van der Waals surface area contributed by atoms with Crippen LogP contribution >= 0.6 is 59.1 Å². The Kier molecular flexibility index (Phi) is 9.82. The highest BCUT2D eigenvalue weighted by Crippen LogP contribution is 2.33. The van der Waals surface area contributed by atoms with Gasteiger partial charge in [0.15, 0.2) is 0 Å². The molecule has 1 aliphatic rings. The Labute approximate surface area is 178 Å². The van der Waals surface area contributed by atoms with Gasteiger partial charge in [-0.3, -0.25) is 4.79 Å². The molecule has 5 nitrogen and oxygen atoms in total. The van der Waals surface area contributed by atoms with Gasteiger partial charge in [-0.1, -0.05) is 11.6 Å². The van der Waals surface area contributed by atoms with Gasteiger partial charge in [-0.15, -0.1) is 47.5 Å². The fourth-order valence-corrected chi connectivity index (χ4v) is 4.83. The Bertz CT molecular complexity index is 697. The topological polar surface area (TPSA) is 63.2 Å². The molecule has 0 bridgehead atoms. The molecule has 1 saturated heterocycles. The summed E-state index contributed by atoms with van der Waals surface area (Å²) < 4.78 is 6.10. The standard InChI is InChI=1S/C16H20ClN3O2S2.2ClH/c1-22-10-16(4-6-18-7-5-16)9-19-14(21)11-8-23-15(20-11)12-2-3-13(17)24-12;;/h2-3,8,18H,4-7,9-10H2,1H3,(H,19,21);2*1H. The number of aromatic nitrogens is 1. The second kappa shape index (κ2) is 10.8. The van der Waals surface area contributed by atoms with Gasteiger partial charge in [0, 0.05) is 24.4 Å². The minimum Gasteiger partial charge on any atom is -0.384 e. The second-order valence-electron chi connectivity index (χ2n) is 6.01. The number of hydrogen-bond donors (Lipinski definition) is 2. The van der Waals surface area contributed by atoms with E-state index in [1.54, 1.807) is 12.5 Å². The van der Waals surface area contributed by atoms with E-state index in [1.165, 1.54) is 22.7 Å². The van der Waals surface area contributed by atoms with Crippen molar-refractivity contribution >= 4 is 65.0 Å². The predicted octanol–water partition coefficient (Wildman–Crippen LogP) is 4.11.